The first-order valence-electron chi connectivity index (χ1n) is 5.80. The molecule has 0 spiro atoms. The Bertz CT molecular complexity index is 391. The van der Waals surface area contributed by atoms with Gasteiger partial charge in [0.2, 0.25) is 0 Å². The van der Waals surface area contributed by atoms with Crippen LogP contribution in [0.25, 0.3) is 0 Å². The summed E-state index contributed by atoms with van der Waals surface area (Å²) in [7, 11) is 0. The number of rotatable bonds is 2. The van der Waals surface area contributed by atoms with Crippen LogP contribution in [-0.2, 0) is 11.2 Å². The third-order valence-corrected chi connectivity index (χ3v) is 3.28. The Hall–Kier alpha value is -1.35. The molecule has 2 aliphatic rings. The van der Waals surface area contributed by atoms with Crippen LogP contribution in [0.15, 0.2) is 24.3 Å². The van der Waals surface area contributed by atoms with E-state index in [-0.39, 0.29) is 6.10 Å². The molecule has 1 fully saturated rings. The second-order valence-corrected chi connectivity index (χ2v) is 4.58. The molecule has 1 aromatic rings. The zero-order chi connectivity index (χ0) is 11.0. The van der Waals surface area contributed by atoms with Crippen LogP contribution in [-0.4, -0.2) is 36.4 Å². The van der Waals surface area contributed by atoms with Gasteiger partial charge in [0.05, 0.1) is 6.54 Å². The van der Waals surface area contributed by atoms with E-state index in [2.05, 4.69) is 11.0 Å². The number of likely N-dealkylation sites (tertiary alicyclic amines) is 1. The first kappa shape index (κ1) is 9.85. The third kappa shape index (κ3) is 1.83. The van der Waals surface area contributed by atoms with Gasteiger partial charge in [-0.15, -0.1) is 0 Å². The number of ether oxygens (including phenoxy) is 1. The van der Waals surface area contributed by atoms with Gasteiger partial charge in [-0.05, 0) is 11.6 Å². The normalized spacial score (nSPS) is 24.5. The Balaban J connectivity index is 1.62. The maximum absolute atomic E-state index is 11.2. The molecule has 1 aromatic carbocycles. The monoisotopic (exact) mass is 217 g/mol. The van der Waals surface area contributed by atoms with Crippen molar-refractivity contribution in [1.29, 1.82) is 0 Å². The number of Topliss-reactive ketones (excluding diaryl/α,β-unsaturated/α-hetero) is 1. The van der Waals surface area contributed by atoms with Crippen molar-refractivity contribution >= 4 is 5.78 Å². The zero-order valence-corrected chi connectivity index (χ0v) is 9.19. The SMILES string of the molecule is O=C1CCN(CC2Cc3ccccc3O2)C1. The number of hydrogen-bond donors (Lipinski definition) is 0. The van der Waals surface area contributed by atoms with E-state index in [0.29, 0.717) is 18.7 Å². The standard InChI is InChI=1S/C13H15NO2/c15-11-5-6-14(8-11)9-12-7-10-3-1-2-4-13(10)16-12/h1-4,12H,5-9H2. The van der Waals surface area contributed by atoms with Crippen LogP contribution < -0.4 is 4.74 Å². The van der Waals surface area contributed by atoms with Gasteiger partial charge >= 0.3 is 0 Å². The molecule has 84 valence electrons. The average Bonchev–Trinajstić information content (AvgIpc) is 2.84. The average molecular weight is 217 g/mol. The Morgan fingerprint density at radius 1 is 1.38 bits per heavy atom. The van der Waals surface area contributed by atoms with Crippen LogP contribution in [0.1, 0.15) is 12.0 Å². The highest BCUT2D eigenvalue weighted by Gasteiger charge is 2.27. The van der Waals surface area contributed by atoms with E-state index in [1.165, 1.54) is 5.56 Å². The molecule has 1 unspecified atom stereocenters. The van der Waals surface area contributed by atoms with Crippen molar-refractivity contribution < 1.29 is 9.53 Å². The minimum Gasteiger partial charge on any atom is -0.488 e. The number of ketones is 1. The Morgan fingerprint density at radius 2 is 2.25 bits per heavy atom. The molecule has 0 aliphatic carbocycles. The van der Waals surface area contributed by atoms with Crippen LogP contribution in [0.2, 0.25) is 0 Å². The summed E-state index contributed by atoms with van der Waals surface area (Å²) < 4.78 is 5.85. The van der Waals surface area contributed by atoms with Crippen LogP contribution in [0.3, 0.4) is 0 Å². The fraction of sp³-hybridized carbons (Fsp3) is 0.462. The smallest absolute Gasteiger partial charge is 0.148 e. The number of para-hydroxylation sites is 1. The van der Waals surface area contributed by atoms with Crippen molar-refractivity contribution in [3.63, 3.8) is 0 Å². The summed E-state index contributed by atoms with van der Waals surface area (Å²) in [6.07, 6.45) is 1.91. The van der Waals surface area contributed by atoms with E-state index in [9.17, 15) is 4.79 Å². The maximum atomic E-state index is 11.2. The molecule has 2 heterocycles. The molecule has 0 aromatic heterocycles. The molecule has 16 heavy (non-hydrogen) atoms. The largest absolute Gasteiger partial charge is 0.488 e. The number of hydrogen-bond acceptors (Lipinski definition) is 3. The van der Waals surface area contributed by atoms with Gasteiger partial charge in [0.25, 0.3) is 0 Å². The molecule has 1 atom stereocenters. The molecular weight excluding hydrogens is 202 g/mol. The summed E-state index contributed by atoms with van der Waals surface area (Å²) in [5.74, 6) is 1.37. The number of carbonyl (C=O) groups excluding carboxylic acids is 1. The van der Waals surface area contributed by atoms with E-state index >= 15 is 0 Å². The van der Waals surface area contributed by atoms with Crippen LogP contribution in [0.5, 0.6) is 5.75 Å². The zero-order valence-electron chi connectivity index (χ0n) is 9.19. The number of benzene rings is 1. The number of carbonyl (C=O) groups is 1. The van der Waals surface area contributed by atoms with Gasteiger partial charge in [-0.1, -0.05) is 18.2 Å². The first-order valence-corrected chi connectivity index (χ1v) is 5.80. The number of nitrogens with zero attached hydrogens (tertiary/aromatic N) is 1. The summed E-state index contributed by atoms with van der Waals surface area (Å²) >= 11 is 0. The predicted molar refractivity (Wildman–Crippen MR) is 60.6 cm³/mol. The van der Waals surface area contributed by atoms with Crippen molar-refractivity contribution in [2.24, 2.45) is 0 Å². The highest BCUT2D eigenvalue weighted by atomic mass is 16.5. The molecule has 0 N–H and O–H groups in total. The Morgan fingerprint density at radius 3 is 3.00 bits per heavy atom. The molecular formula is C13H15NO2. The quantitative estimate of drug-likeness (QED) is 0.747. The van der Waals surface area contributed by atoms with Gasteiger partial charge in [0.15, 0.2) is 0 Å². The molecule has 3 heteroatoms. The van der Waals surface area contributed by atoms with Crippen molar-refractivity contribution in [1.82, 2.24) is 4.90 Å². The molecule has 3 nitrogen and oxygen atoms in total. The van der Waals surface area contributed by atoms with Crippen LogP contribution in [0.4, 0.5) is 0 Å². The van der Waals surface area contributed by atoms with E-state index in [4.69, 9.17) is 4.74 Å². The first-order chi connectivity index (χ1) is 7.81. The van der Waals surface area contributed by atoms with Gasteiger partial charge in [-0.3, -0.25) is 9.69 Å². The van der Waals surface area contributed by atoms with Gasteiger partial charge in [-0.2, -0.15) is 0 Å². The van der Waals surface area contributed by atoms with Gasteiger partial charge < -0.3 is 4.74 Å². The lowest BCUT2D eigenvalue weighted by molar-refractivity contribution is -0.116. The summed E-state index contributed by atoms with van der Waals surface area (Å²) in [4.78, 5) is 13.4. The van der Waals surface area contributed by atoms with E-state index in [1.807, 2.05) is 18.2 Å². The predicted octanol–water partition coefficient (Wildman–Crippen LogP) is 1.26. The topological polar surface area (TPSA) is 29.5 Å². The molecule has 0 bridgehead atoms. The highest BCUT2D eigenvalue weighted by molar-refractivity contribution is 5.82. The Labute approximate surface area is 95.0 Å². The van der Waals surface area contributed by atoms with Crippen LogP contribution >= 0.6 is 0 Å². The van der Waals surface area contributed by atoms with Crippen molar-refractivity contribution in [3.05, 3.63) is 29.8 Å². The molecule has 0 saturated carbocycles. The van der Waals surface area contributed by atoms with E-state index in [1.54, 1.807) is 0 Å². The van der Waals surface area contributed by atoms with E-state index in [0.717, 1.165) is 25.3 Å². The van der Waals surface area contributed by atoms with Gasteiger partial charge in [0, 0.05) is 25.9 Å². The summed E-state index contributed by atoms with van der Waals surface area (Å²) in [5.41, 5.74) is 1.29. The number of fused-ring (bicyclic) bond motifs is 1. The lowest BCUT2D eigenvalue weighted by Gasteiger charge is -2.18. The van der Waals surface area contributed by atoms with Crippen LogP contribution in [0, 0.1) is 0 Å². The molecule has 0 amide bonds. The van der Waals surface area contributed by atoms with E-state index < -0.39 is 0 Å². The summed E-state index contributed by atoms with van der Waals surface area (Å²) in [5, 5.41) is 0. The lowest BCUT2D eigenvalue weighted by Crippen LogP contribution is -2.33. The van der Waals surface area contributed by atoms with Crippen molar-refractivity contribution in [2.45, 2.75) is 18.9 Å². The Kier molecular flexibility index (Phi) is 2.40. The minimum atomic E-state index is 0.225. The second-order valence-electron chi connectivity index (χ2n) is 4.58. The molecule has 1 saturated heterocycles. The summed E-state index contributed by atoms with van der Waals surface area (Å²) in [6.45, 7) is 2.38. The fourth-order valence-corrected chi connectivity index (χ4v) is 2.49. The highest BCUT2D eigenvalue weighted by Crippen LogP contribution is 2.28. The molecule has 0 radical (unpaired) electrons. The summed E-state index contributed by atoms with van der Waals surface area (Å²) in [6, 6.07) is 8.18. The lowest BCUT2D eigenvalue weighted by atomic mass is 10.1. The van der Waals surface area contributed by atoms with Crippen molar-refractivity contribution in [3.8, 4) is 5.75 Å². The molecule has 3 rings (SSSR count). The third-order valence-electron chi connectivity index (χ3n) is 3.28. The van der Waals surface area contributed by atoms with Gasteiger partial charge in [0.1, 0.15) is 17.6 Å². The maximum Gasteiger partial charge on any atom is 0.148 e. The van der Waals surface area contributed by atoms with Gasteiger partial charge in [-0.25, -0.2) is 0 Å². The second kappa shape index (κ2) is 3.91. The van der Waals surface area contributed by atoms with Crippen molar-refractivity contribution in [2.75, 3.05) is 19.6 Å². The minimum absolute atomic E-state index is 0.225. The fourth-order valence-electron chi connectivity index (χ4n) is 2.49. The molecule has 2 aliphatic heterocycles.